The number of carbonyl (C=O) groups excluding carboxylic acids is 1. The Kier molecular flexibility index (Phi) is 8.10. The van der Waals surface area contributed by atoms with Gasteiger partial charge in [0.2, 0.25) is 0 Å². The molecule has 3 rings (SSSR count). The third-order valence-corrected chi connectivity index (χ3v) is 6.43. The summed E-state index contributed by atoms with van der Waals surface area (Å²) in [5, 5.41) is 15.0. The van der Waals surface area contributed by atoms with Crippen LogP contribution in [0.25, 0.3) is 0 Å². The van der Waals surface area contributed by atoms with E-state index < -0.39 is 16.1 Å². The molecule has 0 saturated carbocycles. The summed E-state index contributed by atoms with van der Waals surface area (Å²) in [4.78, 5) is 12.2. The van der Waals surface area contributed by atoms with Crippen molar-refractivity contribution in [2.45, 2.75) is 17.7 Å². The van der Waals surface area contributed by atoms with Crippen molar-refractivity contribution >= 4 is 39.0 Å². The largest absolute Gasteiger partial charge is 0.396 e. The monoisotopic (exact) mass is 473 g/mol. The predicted octanol–water partition coefficient (Wildman–Crippen LogP) is 4.04. The molecule has 0 atom stereocenters. The molecule has 4 N–H and O–H groups in total. The second-order valence-corrected chi connectivity index (χ2v) is 9.11. The fourth-order valence-corrected chi connectivity index (χ4v) is 4.28. The third kappa shape index (κ3) is 6.71. The lowest BCUT2D eigenvalue weighted by atomic mass is 10.1. The van der Waals surface area contributed by atoms with Crippen LogP contribution in [-0.4, -0.2) is 32.7 Å². The van der Waals surface area contributed by atoms with E-state index in [0.717, 1.165) is 11.1 Å². The van der Waals surface area contributed by atoms with Crippen LogP contribution in [0, 0.1) is 0 Å². The SMILES string of the molecule is O=C(NCCc1ccccc1Cl)Nc1ccc(S(=O)(=O)Nc2ccc(CCO)cc2)cc1. The Morgan fingerprint density at radius 3 is 2.19 bits per heavy atom. The van der Waals surface area contributed by atoms with Crippen molar-refractivity contribution in [1.82, 2.24) is 5.32 Å². The van der Waals surface area contributed by atoms with Crippen LogP contribution in [0.2, 0.25) is 5.02 Å². The Bertz CT molecular complexity index is 1150. The fraction of sp³-hybridized carbons (Fsp3) is 0.174. The number of nitrogens with one attached hydrogen (secondary N) is 3. The van der Waals surface area contributed by atoms with Crippen molar-refractivity contribution in [3.8, 4) is 0 Å². The second-order valence-electron chi connectivity index (χ2n) is 7.02. The van der Waals surface area contributed by atoms with Crippen LogP contribution < -0.4 is 15.4 Å². The molecule has 3 aromatic carbocycles. The summed E-state index contributed by atoms with van der Waals surface area (Å²) in [7, 11) is -3.77. The molecule has 0 aliphatic heterocycles. The van der Waals surface area contributed by atoms with Crippen molar-refractivity contribution < 1.29 is 18.3 Å². The molecule has 32 heavy (non-hydrogen) atoms. The highest BCUT2D eigenvalue weighted by atomic mass is 35.5. The van der Waals surface area contributed by atoms with E-state index in [1.807, 2.05) is 18.2 Å². The number of benzene rings is 3. The molecule has 0 spiro atoms. The zero-order valence-electron chi connectivity index (χ0n) is 17.2. The standard InChI is InChI=1S/C23H24ClN3O4S/c24-22-4-2-1-3-18(22)13-15-25-23(29)26-19-9-11-21(12-10-19)32(30,31)27-20-7-5-17(6-8-20)14-16-28/h1-12,27-28H,13-16H2,(H2,25,26,29). The lowest BCUT2D eigenvalue weighted by Crippen LogP contribution is -2.30. The molecule has 0 radical (unpaired) electrons. The molecule has 0 bridgehead atoms. The zero-order valence-corrected chi connectivity index (χ0v) is 18.8. The first-order valence-corrected chi connectivity index (χ1v) is 11.8. The van der Waals surface area contributed by atoms with Gasteiger partial charge in [-0.15, -0.1) is 0 Å². The van der Waals surface area contributed by atoms with E-state index in [1.54, 1.807) is 30.3 Å². The smallest absolute Gasteiger partial charge is 0.319 e. The van der Waals surface area contributed by atoms with E-state index >= 15 is 0 Å². The first kappa shape index (κ1) is 23.6. The number of hydrogen-bond acceptors (Lipinski definition) is 4. The van der Waals surface area contributed by atoms with E-state index in [2.05, 4.69) is 15.4 Å². The highest BCUT2D eigenvalue weighted by molar-refractivity contribution is 7.92. The number of hydrogen-bond donors (Lipinski definition) is 4. The Hall–Kier alpha value is -3.07. The van der Waals surface area contributed by atoms with Crippen LogP contribution in [0.15, 0.2) is 77.7 Å². The molecule has 0 heterocycles. The summed E-state index contributed by atoms with van der Waals surface area (Å²) in [5.41, 5.74) is 2.75. The van der Waals surface area contributed by atoms with Crippen molar-refractivity contribution in [2.75, 3.05) is 23.2 Å². The molecule has 7 nitrogen and oxygen atoms in total. The summed E-state index contributed by atoms with van der Waals surface area (Å²) >= 11 is 6.10. The topological polar surface area (TPSA) is 108 Å². The molecular formula is C23H24ClN3O4S. The van der Waals surface area contributed by atoms with Gasteiger partial charge in [0.25, 0.3) is 10.0 Å². The number of rotatable bonds is 9. The molecule has 0 aromatic heterocycles. The van der Waals surface area contributed by atoms with Gasteiger partial charge < -0.3 is 15.7 Å². The minimum atomic E-state index is -3.77. The highest BCUT2D eigenvalue weighted by Gasteiger charge is 2.14. The van der Waals surface area contributed by atoms with Crippen LogP contribution >= 0.6 is 11.6 Å². The van der Waals surface area contributed by atoms with E-state index in [9.17, 15) is 13.2 Å². The summed E-state index contributed by atoms with van der Waals surface area (Å²) < 4.78 is 27.7. The number of sulfonamides is 1. The van der Waals surface area contributed by atoms with Crippen LogP contribution in [0.4, 0.5) is 16.2 Å². The maximum atomic E-state index is 12.6. The molecule has 0 aliphatic rings. The molecular weight excluding hydrogens is 450 g/mol. The van der Waals surface area contributed by atoms with Gasteiger partial charge in [0.15, 0.2) is 0 Å². The van der Waals surface area contributed by atoms with E-state index in [1.165, 1.54) is 24.3 Å². The quantitative estimate of drug-likeness (QED) is 0.376. The number of urea groups is 1. The molecule has 168 valence electrons. The second kappa shape index (κ2) is 11.0. The maximum absolute atomic E-state index is 12.6. The Morgan fingerprint density at radius 1 is 0.875 bits per heavy atom. The highest BCUT2D eigenvalue weighted by Crippen LogP contribution is 2.19. The van der Waals surface area contributed by atoms with Crippen LogP contribution in [-0.2, 0) is 22.9 Å². The van der Waals surface area contributed by atoms with Gasteiger partial charge >= 0.3 is 6.03 Å². The number of aliphatic hydroxyl groups excluding tert-OH is 1. The minimum absolute atomic E-state index is 0.0326. The van der Waals surface area contributed by atoms with Crippen LogP contribution in [0.1, 0.15) is 11.1 Å². The number of aliphatic hydroxyl groups is 1. The average Bonchev–Trinajstić information content (AvgIpc) is 2.77. The van der Waals surface area contributed by atoms with Gasteiger partial charge in [-0.1, -0.05) is 41.9 Å². The van der Waals surface area contributed by atoms with Gasteiger partial charge in [-0.3, -0.25) is 4.72 Å². The van der Waals surface area contributed by atoms with Gasteiger partial charge in [-0.2, -0.15) is 0 Å². The molecule has 0 fully saturated rings. The number of halogens is 1. The first-order chi connectivity index (χ1) is 15.4. The number of amides is 2. The third-order valence-electron chi connectivity index (χ3n) is 4.67. The van der Waals surface area contributed by atoms with Gasteiger partial charge in [0.1, 0.15) is 0 Å². The Balaban J connectivity index is 1.53. The van der Waals surface area contributed by atoms with Crippen LogP contribution in [0.3, 0.4) is 0 Å². The molecule has 0 saturated heterocycles. The molecule has 2 amide bonds. The van der Waals surface area contributed by atoms with Crippen molar-refractivity contribution in [1.29, 1.82) is 0 Å². The van der Waals surface area contributed by atoms with Gasteiger partial charge in [-0.05, 0) is 66.4 Å². The fourth-order valence-electron chi connectivity index (χ4n) is 2.99. The van der Waals surface area contributed by atoms with Gasteiger partial charge in [0.05, 0.1) is 4.90 Å². The molecule has 3 aromatic rings. The summed E-state index contributed by atoms with van der Waals surface area (Å²) in [6, 6.07) is 19.7. The van der Waals surface area contributed by atoms with Crippen molar-refractivity contribution in [2.24, 2.45) is 0 Å². The first-order valence-electron chi connectivity index (χ1n) is 9.98. The predicted molar refractivity (Wildman–Crippen MR) is 127 cm³/mol. The minimum Gasteiger partial charge on any atom is -0.396 e. The summed E-state index contributed by atoms with van der Waals surface area (Å²) in [6.07, 6.45) is 1.10. The van der Waals surface area contributed by atoms with Gasteiger partial charge in [0, 0.05) is 29.5 Å². The lowest BCUT2D eigenvalue weighted by Gasteiger charge is -2.11. The average molecular weight is 474 g/mol. The number of anilines is 2. The Morgan fingerprint density at radius 2 is 1.53 bits per heavy atom. The Labute approximate surface area is 192 Å². The van der Waals surface area contributed by atoms with Crippen LogP contribution in [0.5, 0.6) is 0 Å². The van der Waals surface area contributed by atoms with Crippen molar-refractivity contribution in [3.05, 3.63) is 88.9 Å². The van der Waals surface area contributed by atoms with Gasteiger partial charge in [-0.25, -0.2) is 13.2 Å². The number of carbonyl (C=O) groups is 1. The van der Waals surface area contributed by atoms with E-state index in [-0.39, 0.29) is 11.5 Å². The normalized spacial score (nSPS) is 11.1. The summed E-state index contributed by atoms with van der Waals surface area (Å²) in [6.45, 7) is 0.438. The molecule has 0 unspecified atom stereocenters. The summed E-state index contributed by atoms with van der Waals surface area (Å²) in [5.74, 6) is 0. The van der Waals surface area contributed by atoms with Crippen molar-refractivity contribution in [3.63, 3.8) is 0 Å². The molecule has 9 heteroatoms. The maximum Gasteiger partial charge on any atom is 0.319 e. The van der Waals surface area contributed by atoms with E-state index in [0.29, 0.717) is 35.8 Å². The van der Waals surface area contributed by atoms with E-state index in [4.69, 9.17) is 16.7 Å². The lowest BCUT2D eigenvalue weighted by molar-refractivity contribution is 0.252. The molecule has 0 aliphatic carbocycles. The zero-order chi connectivity index (χ0) is 23.0.